The number of benzene rings is 1. The van der Waals surface area contributed by atoms with E-state index in [9.17, 15) is 8.78 Å². The monoisotopic (exact) mass is 230 g/mol. The number of rotatable bonds is 1. The van der Waals surface area contributed by atoms with Crippen LogP contribution in [0.1, 0.15) is 38.8 Å². The number of nitrogen functional groups attached to an aromatic ring is 1. The van der Waals surface area contributed by atoms with E-state index in [2.05, 4.69) is 0 Å². The Balaban J connectivity index is 0. The quantitative estimate of drug-likeness (QED) is 0.562. The largest absolute Gasteiger partial charge is 0.384 e. The first-order valence-electron chi connectivity index (χ1n) is 5.32. The molecule has 0 saturated heterocycles. The predicted molar refractivity (Wildman–Crippen MR) is 64.8 cm³/mol. The Morgan fingerprint density at radius 2 is 1.38 bits per heavy atom. The van der Waals surface area contributed by atoms with Gasteiger partial charge in [-0.05, 0) is 19.1 Å². The zero-order chi connectivity index (χ0) is 13.3. The fourth-order valence-electron chi connectivity index (χ4n) is 0.801. The normalized spacial score (nSPS) is 8.19. The molecule has 0 saturated carbocycles. The fraction of sp³-hybridized carbons (Fsp3) is 0.417. The van der Waals surface area contributed by atoms with E-state index in [0.717, 1.165) is 12.1 Å². The molecule has 1 aromatic carbocycles. The lowest BCUT2D eigenvalue weighted by molar-refractivity contribution is 0.567. The number of hydrogen-bond donors (Lipinski definition) is 2. The lowest BCUT2D eigenvalue weighted by atomic mass is 10.1. The van der Waals surface area contributed by atoms with Crippen molar-refractivity contribution in [3.05, 3.63) is 34.9 Å². The van der Waals surface area contributed by atoms with Crippen molar-refractivity contribution in [2.75, 3.05) is 0 Å². The van der Waals surface area contributed by atoms with Gasteiger partial charge in [-0.1, -0.05) is 27.7 Å². The summed E-state index contributed by atoms with van der Waals surface area (Å²) < 4.78 is 25.6. The number of nitrogens with one attached hydrogen (secondary N) is 1. The van der Waals surface area contributed by atoms with Gasteiger partial charge in [0.1, 0.15) is 17.5 Å². The van der Waals surface area contributed by atoms with Gasteiger partial charge in [0.05, 0.1) is 0 Å². The second kappa shape index (κ2) is 8.83. The lowest BCUT2D eigenvalue weighted by Gasteiger charge is -2.02. The highest BCUT2D eigenvalue weighted by molar-refractivity contribution is 5.94. The summed E-state index contributed by atoms with van der Waals surface area (Å²) in [6.07, 6.45) is 0. The minimum Gasteiger partial charge on any atom is -0.384 e. The molecule has 0 aromatic heterocycles. The maximum atomic E-state index is 12.8. The van der Waals surface area contributed by atoms with Crippen LogP contribution in [0.15, 0.2) is 12.1 Å². The van der Waals surface area contributed by atoms with Gasteiger partial charge in [-0.2, -0.15) is 0 Å². The van der Waals surface area contributed by atoms with E-state index < -0.39 is 11.6 Å². The van der Waals surface area contributed by atoms with Gasteiger partial charge in [-0.3, -0.25) is 5.41 Å². The lowest BCUT2D eigenvalue weighted by Crippen LogP contribution is -2.12. The zero-order valence-corrected chi connectivity index (χ0v) is 10.5. The maximum Gasteiger partial charge on any atom is 0.129 e. The average Bonchev–Trinajstić information content (AvgIpc) is 2.30. The Labute approximate surface area is 96.0 Å². The third-order valence-electron chi connectivity index (χ3n) is 1.59. The number of halogens is 2. The molecule has 4 heteroatoms. The molecule has 0 aliphatic rings. The molecule has 1 rings (SSSR count). The highest BCUT2D eigenvalue weighted by Gasteiger charge is 2.07. The molecule has 92 valence electrons. The van der Waals surface area contributed by atoms with Gasteiger partial charge in [0.25, 0.3) is 0 Å². The standard InChI is InChI=1S/C8H8F2N2.2C2H6/c1-4-6(9)2-5(8(11)12)3-7(4)10;2*1-2/h2-3H,1H3,(H3,11,12);2*1-2H3. The number of hydrogen-bond acceptors (Lipinski definition) is 1. The van der Waals surface area contributed by atoms with E-state index in [1.165, 1.54) is 6.92 Å². The Kier molecular flexibility index (Phi) is 9.36. The summed E-state index contributed by atoms with van der Waals surface area (Å²) in [5.41, 5.74) is 5.06. The van der Waals surface area contributed by atoms with Gasteiger partial charge in [-0.25, -0.2) is 8.78 Å². The minimum atomic E-state index is -0.680. The molecule has 0 bridgehead atoms. The summed E-state index contributed by atoms with van der Waals surface area (Å²) in [5, 5.41) is 6.94. The van der Waals surface area contributed by atoms with Crippen LogP contribution in [0.4, 0.5) is 8.78 Å². The topological polar surface area (TPSA) is 49.9 Å². The van der Waals surface area contributed by atoms with Crippen LogP contribution < -0.4 is 5.73 Å². The Hall–Kier alpha value is -1.45. The first kappa shape index (κ1) is 17.0. The molecule has 0 fully saturated rings. The highest BCUT2D eigenvalue weighted by Crippen LogP contribution is 2.13. The van der Waals surface area contributed by atoms with Crippen LogP contribution in [0.5, 0.6) is 0 Å². The summed E-state index contributed by atoms with van der Waals surface area (Å²) in [6.45, 7) is 9.33. The molecule has 3 N–H and O–H groups in total. The third kappa shape index (κ3) is 4.87. The predicted octanol–water partition coefficient (Wildman–Crippen LogP) is 3.61. The molecule has 0 radical (unpaired) electrons. The van der Waals surface area contributed by atoms with Crippen LogP contribution in [-0.2, 0) is 0 Å². The van der Waals surface area contributed by atoms with E-state index in [1.54, 1.807) is 0 Å². The van der Waals surface area contributed by atoms with Crippen LogP contribution in [0.25, 0.3) is 0 Å². The van der Waals surface area contributed by atoms with Gasteiger partial charge in [0, 0.05) is 11.1 Å². The molecule has 0 atom stereocenters. The Morgan fingerprint density at radius 3 is 1.62 bits per heavy atom. The van der Waals surface area contributed by atoms with Crippen molar-refractivity contribution in [2.45, 2.75) is 34.6 Å². The van der Waals surface area contributed by atoms with Crippen LogP contribution in [-0.4, -0.2) is 5.84 Å². The Morgan fingerprint density at radius 1 is 1.06 bits per heavy atom. The smallest absolute Gasteiger partial charge is 0.129 e. The average molecular weight is 230 g/mol. The van der Waals surface area contributed by atoms with E-state index in [-0.39, 0.29) is 17.0 Å². The molecular weight excluding hydrogens is 210 g/mol. The van der Waals surface area contributed by atoms with E-state index in [1.807, 2.05) is 27.7 Å². The molecule has 0 spiro atoms. The van der Waals surface area contributed by atoms with Crippen LogP contribution in [0, 0.1) is 24.0 Å². The maximum absolute atomic E-state index is 12.8. The van der Waals surface area contributed by atoms with Crippen molar-refractivity contribution < 1.29 is 8.78 Å². The van der Waals surface area contributed by atoms with E-state index in [0.29, 0.717) is 0 Å². The molecule has 0 amide bonds. The first-order valence-corrected chi connectivity index (χ1v) is 5.32. The number of amidine groups is 1. The van der Waals surface area contributed by atoms with Crippen molar-refractivity contribution in [3.8, 4) is 0 Å². The van der Waals surface area contributed by atoms with Gasteiger partial charge in [0.2, 0.25) is 0 Å². The summed E-state index contributed by atoms with van der Waals surface area (Å²) in [7, 11) is 0. The van der Waals surface area contributed by atoms with Gasteiger partial charge in [0.15, 0.2) is 0 Å². The van der Waals surface area contributed by atoms with Crippen LogP contribution in [0.3, 0.4) is 0 Å². The fourth-order valence-corrected chi connectivity index (χ4v) is 0.801. The summed E-state index contributed by atoms with van der Waals surface area (Å²) in [5.74, 6) is -1.70. The molecule has 1 aromatic rings. The van der Waals surface area contributed by atoms with Crippen molar-refractivity contribution in [2.24, 2.45) is 5.73 Å². The van der Waals surface area contributed by atoms with Gasteiger partial charge < -0.3 is 5.73 Å². The molecule has 0 aliphatic heterocycles. The summed E-state index contributed by atoms with van der Waals surface area (Å²) in [6, 6.07) is 2.08. The molecule has 16 heavy (non-hydrogen) atoms. The molecule has 2 nitrogen and oxygen atoms in total. The van der Waals surface area contributed by atoms with Gasteiger partial charge >= 0.3 is 0 Å². The molecule has 0 unspecified atom stereocenters. The minimum absolute atomic E-state index is 0.0556. The zero-order valence-electron chi connectivity index (χ0n) is 10.5. The van der Waals surface area contributed by atoms with E-state index in [4.69, 9.17) is 11.1 Å². The van der Waals surface area contributed by atoms with E-state index >= 15 is 0 Å². The number of nitrogens with two attached hydrogens (primary N) is 1. The van der Waals surface area contributed by atoms with Gasteiger partial charge in [-0.15, -0.1) is 0 Å². The van der Waals surface area contributed by atoms with Crippen LogP contribution in [0.2, 0.25) is 0 Å². The van der Waals surface area contributed by atoms with Crippen molar-refractivity contribution in [3.63, 3.8) is 0 Å². The summed E-state index contributed by atoms with van der Waals surface area (Å²) in [4.78, 5) is 0. The summed E-state index contributed by atoms with van der Waals surface area (Å²) >= 11 is 0. The molecule has 0 heterocycles. The third-order valence-corrected chi connectivity index (χ3v) is 1.59. The van der Waals surface area contributed by atoms with Crippen molar-refractivity contribution in [1.29, 1.82) is 5.41 Å². The van der Waals surface area contributed by atoms with Crippen LogP contribution >= 0.6 is 0 Å². The molecule has 0 aliphatic carbocycles. The van der Waals surface area contributed by atoms with Crippen molar-refractivity contribution >= 4 is 5.84 Å². The second-order valence-corrected chi connectivity index (χ2v) is 2.48. The SMILES string of the molecule is CC.CC.Cc1c(F)cc(C(=N)N)cc1F. The first-order chi connectivity index (χ1) is 7.52. The second-order valence-electron chi connectivity index (χ2n) is 2.48. The van der Waals surface area contributed by atoms with Crippen molar-refractivity contribution in [1.82, 2.24) is 0 Å². The highest BCUT2D eigenvalue weighted by atomic mass is 19.1. The Bertz CT molecular complexity index is 313. The molecular formula is C12H20F2N2.